The minimum atomic E-state index is -0.306. The Hall–Kier alpha value is -3.26. The molecule has 0 amide bonds. The highest BCUT2D eigenvalue weighted by atomic mass is 32.1. The van der Waals surface area contributed by atoms with Gasteiger partial charge in [-0.2, -0.15) is 0 Å². The number of carbonyl (C=O) groups is 1. The van der Waals surface area contributed by atoms with Crippen LogP contribution in [0.3, 0.4) is 0 Å². The number of carbonyl (C=O) groups excluding carboxylic acids is 1. The fraction of sp³-hybridized carbons (Fsp3) is 0.304. The molecule has 160 valence electrons. The lowest BCUT2D eigenvalue weighted by Gasteiger charge is -2.27. The fourth-order valence-electron chi connectivity index (χ4n) is 4.23. The topological polar surface area (TPSA) is 72.3 Å². The molecular weight excluding hydrogens is 410 g/mol. The van der Waals surface area contributed by atoms with Crippen LogP contribution in [0.15, 0.2) is 55.0 Å². The largest absolute Gasteiger partial charge is 0.465 e. The molecule has 1 saturated heterocycles. The van der Waals surface area contributed by atoms with E-state index in [0.29, 0.717) is 11.7 Å². The molecule has 0 saturated carbocycles. The third-order valence-electron chi connectivity index (χ3n) is 5.50. The molecule has 4 heterocycles. The summed E-state index contributed by atoms with van der Waals surface area (Å²) in [6.07, 6.45) is 5.37. The summed E-state index contributed by atoms with van der Waals surface area (Å²) in [6.45, 7) is 6.35. The first-order chi connectivity index (χ1) is 15.0. The monoisotopic (exact) mass is 435 g/mol. The van der Waals surface area contributed by atoms with Gasteiger partial charge in [-0.05, 0) is 68.9 Å². The van der Waals surface area contributed by atoms with Crippen molar-refractivity contribution in [1.82, 2.24) is 24.8 Å². The van der Waals surface area contributed by atoms with E-state index in [2.05, 4.69) is 39.8 Å². The Morgan fingerprint density at radius 3 is 2.74 bits per heavy atom. The van der Waals surface area contributed by atoms with Crippen LogP contribution in [0.5, 0.6) is 0 Å². The van der Waals surface area contributed by atoms with Crippen LogP contribution in [0, 0.1) is 13.8 Å². The van der Waals surface area contributed by atoms with Gasteiger partial charge in [0.15, 0.2) is 5.11 Å². The molecule has 0 aliphatic carbocycles. The zero-order chi connectivity index (χ0) is 22.0. The first-order valence-electron chi connectivity index (χ1n) is 10.2. The van der Waals surface area contributed by atoms with Crippen LogP contribution >= 0.6 is 12.2 Å². The van der Waals surface area contributed by atoms with E-state index in [-0.39, 0.29) is 24.6 Å². The Bertz CT molecular complexity index is 1080. The van der Waals surface area contributed by atoms with E-state index < -0.39 is 0 Å². The molecule has 0 spiro atoms. The lowest BCUT2D eigenvalue weighted by molar-refractivity contribution is -0.143. The normalized spacial score (nSPS) is 18.2. The Labute approximate surface area is 187 Å². The second kappa shape index (κ2) is 8.85. The Morgan fingerprint density at radius 2 is 2.06 bits per heavy atom. The van der Waals surface area contributed by atoms with E-state index in [1.54, 1.807) is 19.3 Å². The molecule has 1 N–H and O–H groups in total. The van der Waals surface area contributed by atoms with Crippen LogP contribution in [-0.4, -0.2) is 43.7 Å². The number of hydrogen-bond acceptors (Lipinski definition) is 5. The second-order valence-corrected chi connectivity index (χ2v) is 7.82. The molecule has 7 nitrogen and oxygen atoms in total. The molecular formula is C23H25N5O2S. The molecule has 1 fully saturated rings. The highest BCUT2D eigenvalue weighted by molar-refractivity contribution is 7.80. The maximum atomic E-state index is 12.4. The third kappa shape index (κ3) is 4.03. The summed E-state index contributed by atoms with van der Waals surface area (Å²) in [5.41, 5.74) is 5.08. The van der Waals surface area contributed by atoms with Crippen molar-refractivity contribution >= 4 is 23.3 Å². The predicted molar refractivity (Wildman–Crippen MR) is 122 cm³/mol. The number of nitrogens with one attached hydrogen (secondary N) is 1. The van der Waals surface area contributed by atoms with Crippen LogP contribution in [0.4, 0.5) is 0 Å². The molecule has 31 heavy (non-hydrogen) atoms. The molecule has 0 unspecified atom stereocenters. The van der Waals surface area contributed by atoms with Gasteiger partial charge in [0.25, 0.3) is 0 Å². The predicted octanol–water partition coefficient (Wildman–Crippen LogP) is 3.42. The van der Waals surface area contributed by atoms with E-state index >= 15 is 0 Å². The lowest BCUT2D eigenvalue weighted by Crippen LogP contribution is -2.35. The van der Waals surface area contributed by atoms with E-state index in [1.807, 2.05) is 41.4 Å². The van der Waals surface area contributed by atoms with Crippen molar-refractivity contribution in [2.24, 2.45) is 0 Å². The van der Waals surface area contributed by atoms with Gasteiger partial charge >= 0.3 is 5.97 Å². The number of nitrogens with zero attached hydrogens (tertiary/aromatic N) is 4. The van der Waals surface area contributed by atoms with Crippen molar-refractivity contribution in [2.75, 3.05) is 13.2 Å². The summed E-state index contributed by atoms with van der Waals surface area (Å²) in [4.78, 5) is 23.1. The molecule has 1 aliphatic heterocycles. The van der Waals surface area contributed by atoms with Crippen molar-refractivity contribution in [3.8, 4) is 5.69 Å². The maximum absolute atomic E-state index is 12.4. The van der Waals surface area contributed by atoms with Crippen molar-refractivity contribution in [1.29, 1.82) is 0 Å². The summed E-state index contributed by atoms with van der Waals surface area (Å²) >= 11 is 5.64. The number of ether oxygens (including phenoxy) is 1. The number of pyridine rings is 2. The van der Waals surface area contributed by atoms with Crippen LogP contribution in [0.2, 0.25) is 0 Å². The quantitative estimate of drug-likeness (QED) is 0.470. The van der Waals surface area contributed by atoms with E-state index in [0.717, 1.165) is 28.3 Å². The SMILES string of the molecule is CCOC(=O)CN1C(=S)N[C@@H](c2ccccn2)[C@H]1c1cc(C)n(-c2cccnc2)c1C. The smallest absolute Gasteiger partial charge is 0.325 e. The Balaban J connectivity index is 1.81. The highest BCUT2D eigenvalue weighted by Gasteiger charge is 2.42. The van der Waals surface area contributed by atoms with E-state index in [1.165, 1.54) is 0 Å². The number of thiocarbonyl (C=S) groups is 1. The van der Waals surface area contributed by atoms with Crippen LogP contribution in [-0.2, 0) is 9.53 Å². The number of aromatic nitrogens is 3. The van der Waals surface area contributed by atoms with Gasteiger partial charge in [-0.1, -0.05) is 6.07 Å². The van der Waals surface area contributed by atoms with E-state index in [9.17, 15) is 4.79 Å². The zero-order valence-electron chi connectivity index (χ0n) is 17.8. The Kier molecular flexibility index (Phi) is 5.99. The number of esters is 1. The molecule has 1 aliphatic rings. The zero-order valence-corrected chi connectivity index (χ0v) is 18.6. The average Bonchev–Trinajstić information content (AvgIpc) is 3.25. The summed E-state index contributed by atoms with van der Waals surface area (Å²) in [7, 11) is 0. The highest BCUT2D eigenvalue weighted by Crippen LogP contribution is 2.41. The molecule has 2 atom stereocenters. The van der Waals surface area contributed by atoms with Gasteiger partial charge in [-0.25, -0.2) is 0 Å². The minimum absolute atomic E-state index is 0.0736. The fourth-order valence-corrected chi connectivity index (χ4v) is 4.54. The van der Waals surface area contributed by atoms with Gasteiger partial charge in [0.05, 0.1) is 36.3 Å². The van der Waals surface area contributed by atoms with Gasteiger partial charge in [-0.15, -0.1) is 0 Å². The first-order valence-corrected chi connectivity index (χ1v) is 10.6. The Morgan fingerprint density at radius 1 is 1.23 bits per heavy atom. The molecule has 0 aromatic carbocycles. The van der Waals surface area contributed by atoms with Gasteiger partial charge in [-0.3, -0.25) is 14.8 Å². The number of aryl methyl sites for hydroxylation is 1. The molecule has 4 rings (SSSR count). The average molecular weight is 436 g/mol. The summed E-state index contributed by atoms with van der Waals surface area (Å²) in [5, 5.41) is 3.89. The lowest BCUT2D eigenvalue weighted by atomic mass is 9.97. The van der Waals surface area contributed by atoms with Crippen LogP contribution in [0.25, 0.3) is 5.69 Å². The molecule has 3 aromatic heterocycles. The summed E-state index contributed by atoms with van der Waals surface area (Å²) < 4.78 is 7.38. The maximum Gasteiger partial charge on any atom is 0.325 e. The van der Waals surface area contributed by atoms with Crippen LogP contribution < -0.4 is 5.32 Å². The molecule has 3 aromatic rings. The summed E-state index contributed by atoms with van der Waals surface area (Å²) in [6, 6.07) is 11.5. The minimum Gasteiger partial charge on any atom is -0.465 e. The van der Waals surface area contributed by atoms with Crippen molar-refractivity contribution in [3.05, 3.63) is 77.6 Å². The van der Waals surface area contributed by atoms with Crippen LogP contribution in [0.1, 0.15) is 41.7 Å². The molecule has 0 bridgehead atoms. The van der Waals surface area contributed by atoms with E-state index in [4.69, 9.17) is 17.0 Å². The van der Waals surface area contributed by atoms with Gasteiger partial charge < -0.3 is 19.5 Å². The first kappa shape index (κ1) is 21.0. The van der Waals surface area contributed by atoms with Gasteiger partial charge in [0.2, 0.25) is 0 Å². The van der Waals surface area contributed by atoms with Crippen molar-refractivity contribution < 1.29 is 9.53 Å². The third-order valence-corrected chi connectivity index (χ3v) is 5.85. The molecule has 0 radical (unpaired) electrons. The van der Waals surface area contributed by atoms with Crippen molar-refractivity contribution in [2.45, 2.75) is 32.9 Å². The van der Waals surface area contributed by atoms with Crippen molar-refractivity contribution in [3.63, 3.8) is 0 Å². The van der Waals surface area contributed by atoms with Gasteiger partial charge in [0.1, 0.15) is 6.54 Å². The second-order valence-electron chi connectivity index (χ2n) is 7.43. The van der Waals surface area contributed by atoms with Gasteiger partial charge in [0, 0.05) is 23.8 Å². The number of hydrogen-bond donors (Lipinski definition) is 1. The molecule has 8 heteroatoms. The summed E-state index contributed by atoms with van der Waals surface area (Å²) in [5.74, 6) is -0.306. The number of rotatable bonds is 6. The standard InChI is InChI=1S/C23H25N5O2S/c1-4-30-20(29)14-27-22(21(26-23(27)31)19-9-5-6-11-25-19)18-12-15(2)28(16(18)3)17-8-7-10-24-13-17/h5-13,21-22H,4,14H2,1-3H3,(H,26,31)/t21-,22+/m0/s1.